The molecule has 0 fully saturated rings. The Bertz CT molecular complexity index is 950. The molecule has 1 aromatic heterocycles. The van der Waals surface area contributed by atoms with E-state index in [4.69, 9.17) is 9.15 Å². The maximum absolute atomic E-state index is 12.2. The highest BCUT2D eigenvalue weighted by molar-refractivity contribution is 5.91. The number of carbonyl (C=O) groups is 2. The van der Waals surface area contributed by atoms with Crippen LogP contribution < -0.4 is 10.6 Å². The average Bonchev–Trinajstić information content (AvgIpc) is 3.21. The first-order valence-corrected chi connectivity index (χ1v) is 9.42. The quantitative estimate of drug-likeness (QED) is 0.581. The molecule has 1 heterocycles. The SMILES string of the molecule is COCC(=O)Nc1cccc(CNC(=O)CCc2ccc(-c3ccccc3)o2)c1. The number of anilines is 1. The number of hydrogen-bond acceptors (Lipinski definition) is 4. The van der Waals surface area contributed by atoms with E-state index in [-0.39, 0.29) is 18.4 Å². The zero-order valence-corrected chi connectivity index (χ0v) is 16.3. The summed E-state index contributed by atoms with van der Waals surface area (Å²) in [7, 11) is 1.47. The summed E-state index contributed by atoms with van der Waals surface area (Å²) < 4.78 is 10.6. The first kappa shape index (κ1) is 20.4. The van der Waals surface area contributed by atoms with Crippen LogP contribution in [0.1, 0.15) is 17.7 Å². The molecule has 0 bridgehead atoms. The topological polar surface area (TPSA) is 80.6 Å². The van der Waals surface area contributed by atoms with Gasteiger partial charge in [0.15, 0.2) is 0 Å². The van der Waals surface area contributed by atoms with Crippen LogP contribution in [0, 0.1) is 0 Å². The van der Waals surface area contributed by atoms with Crippen LogP contribution >= 0.6 is 0 Å². The number of nitrogens with one attached hydrogen (secondary N) is 2. The van der Waals surface area contributed by atoms with Gasteiger partial charge in [0, 0.05) is 37.7 Å². The minimum atomic E-state index is -0.220. The Balaban J connectivity index is 1.46. The molecule has 3 rings (SSSR count). The third-order valence-corrected chi connectivity index (χ3v) is 4.29. The van der Waals surface area contributed by atoms with Crippen LogP contribution in [-0.2, 0) is 27.3 Å². The summed E-state index contributed by atoms with van der Waals surface area (Å²) in [5, 5.41) is 5.64. The van der Waals surface area contributed by atoms with Gasteiger partial charge in [0.05, 0.1) is 0 Å². The maximum atomic E-state index is 12.2. The second-order valence-corrected chi connectivity index (χ2v) is 6.59. The van der Waals surface area contributed by atoms with Gasteiger partial charge in [0.2, 0.25) is 11.8 Å². The van der Waals surface area contributed by atoms with Crippen LogP contribution in [0.2, 0.25) is 0 Å². The van der Waals surface area contributed by atoms with Crippen LogP contribution in [0.15, 0.2) is 71.1 Å². The van der Waals surface area contributed by atoms with Crippen molar-refractivity contribution < 1.29 is 18.7 Å². The lowest BCUT2D eigenvalue weighted by atomic mass is 10.2. The van der Waals surface area contributed by atoms with Gasteiger partial charge in [-0.2, -0.15) is 0 Å². The fourth-order valence-electron chi connectivity index (χ4n) is 2.88. The number of benzene rings is 2. The monoisotopic (exact) mass is 392 g/mol. The van der Waals surface area contributed by atoms with Crippen molar-refractivity contribution in [3.8, 4) is 11.3 Å². The van der Waals surface area contributed by atoms with E-state index < -0.39 is 0 Å². The van der Waals surface area contributed by atoms with Crippen molar-refractivity contribution in [3.05, 3.63) is 78.1 Å². The fourth-order valence-corrected chi connectivity index (χ4v) is 2.88. The standard InChI is InChI=1S/C23H24N2O4/c1-28-16-23(27)25-19-9-5-6-17(14-19)15-24-22(26)13-11-20-10-12-21(29-20)18-7-3-2-4-8-18/h2-10,12,14H,11,13,15-16H2,1H3,(H,24,26)(H,25,27). The fraction of sp³-hybridized carbons (Fsp3) is 0.217. The van der Waals surface area contributed by atoms with Crippen LogP contribution in [0.3, 0.4) is 0 Å². The van der Waals surface area contributed by atoms with E-state index in [0.717, 1.165) is 22.6 Å². The van der Waals surface area contributed by atoms with E-state index >= 15 is 0 Å². The summed E-state index contributed by atoms with van der Waals surface area (Å²) >= 11 is 0. The highest BCUT2D eigenvalue weighted by Crippen LogP contribution is 2.22. The first-order valence-electron chi connectivity index (χ1n) is 9.42. The summed E-state index contributed by atoms with van der Waals surface area (Å²) in [6.07, 6.45) is 0.873. The largest absolute Gasteiger partial charge is 0.461 e. The van der Waals surface area contributed by atoms with Gasteiger partial charge in [-0.1, -0.05) is 42.5 Å². The van der Waals surface area contributed by atoms with E-state index in [9.17, 15) is 9.59 Å². The molecule has 0 saturated heterocycles. The smallest absolute Gasteiger partial charge is 0.250 e. The van der Waals surface area contributed by atoms with Crippen molar-refractivity contribution in [1.29, 1.82) is 0 Å². The molecular weight excluding hydrogens is 368 g/mol. The van der Waals surface area contributed by atoms with E-state index in [1.54, 1.807) is 6.07 Å². The van der Waals surface area contributed by atoms with Crippen LogP contribution in [0.4, 0.5) is 5.69 Å². The summed E-state index contributed by atoms with van der Waals surface area (Å²) in [5.41, 5.74) is 2.58. The van der Waals surface area contributed by atoms with Crippen molar-refractivity contribution in [2.24, 2.45) is 0 Å². The predicted octanol–water partition coefficient (Wildman–Crippen LogP) is 3.78. The van der Waals surface area contributed by atoms with Crippen molar-refractivity contribution in [2.45, 2.75) is 19.4 Å². The van der Waals surface area contributed by atoms with E-state index in [0.29, 0.717) is 25.1 Å². The van der Waals surface area contributed by atoms with Gasteiger partial charge >= 0.3 is 0 Å². The maximum Gasteiger partial charge on any atom is 0.250 e. The summed E-state index contributed by atoms with van der Waals surface area (Å²) in [6, 6.07) is 21.0. The molecule has 0 radical (unpaired) electrons. The third-order valence-electron chi connectivity index (χ3n) is 4.29. The Kier molecular flexibility index (Phi) is 7.19. The van der Waals surface area contributed by atoms with Crippen LogP contribution in [-0.4, -0.2) is 25.5 Å². The molecule has 150 valence electrons. The number of methoxy groups -OCH3 is 1. The minimum absolute atomic E-state index is 0.000268. The van der Waals surface area contributed by atoms with Crippen molar-refractivity contribution in [3.63, 3.8) is 0 Å². The molecule has 0 aliphatic heterocycles. The Morgan fingerprint density at radius 3 is 2.59 bits per heavy atom. The molecule has 0 saturated carbocycles. The molecule has 0 atom stereocenters. The van der Waals surface area contributed by atoms with Gasteiger partial charge in [0.1, 0.15) is 18.1 Å². The van der Waals surface area contributed by atoms with E-state index in [1.165, 1.54) is 7.11 Å². The lowest BCUT2D eigenvalue weighted by molar-refractivity contribution is -0.121. The molecule has 0 aliphatic carbocycles. The Hall–Kier alpha value is -3.38. The number of furan rings is 1. The Labute approximate surface area is 169 Å². The summed E-state index contributed by atoms with van der Waals surface area (Å²) in [6.45, 7) is 0.389. The second-order valence-electron chi connectivity index (χ2n) is 6.59. The van der Waals surface area contributed by atoms with Gasteiger partial charge in [0.25, 0.3) is 0 Å². The van der Waals surface area contributed by atoms with Gasteiger partial charge in [-0.25, -0.2) is 0 Å². The molecule has 0 aliphatic rings. The molecule has 2 aromatic carbocycles. The number of amides is 2. The number of hydrogen-bond donors (Lipinski definition) is 2. The van der Waals surface area contributed by atoms with Gasteiger partial charge < -0.3 is 19.8 Å². The Morgan fingerprint density at radius 1 is 0.966 bits per heavy atom. The van der Waals surface area contributed by atoms with E-state index in [1.807, 2.05) is 60.7 Å². The summed E-state index contributed by atoms with van der Waals surface area (Å²) in [5.74, 6) is 1.30. The molecule has 3 aromatic rings. The Morgan fingerprint density at radius 2 is 1.79 bits per heavy atom. The van der Waals surface area contributed by atoms with Gasteiger partial charge in [-0.05, 0) is 29.8 Å². The third kappa shape index (κ3) is 6.33. The van der Waals surface area contributed by atoms with Gasteiger partial charge in [-0.15, -0.1) is 0 Å². The molecule has 0 spiro atoms. The zero-order chi connectivity index (χ0) is 20.5. The number of aryl methyl sites for hydroxylation is 1. The van der Waals surface area contributed by atoms with Gasteiger partial charge in [-0.3, -0.25) is 9.59 Å². The minimum Gasteiger partial charge on any atom is -0.461 e. The van der Waals surface area contributed by atoms with Crippen molar-refractivity contribution >= 4 is 17.5 Å². The average molecular weight is 392 g/mol. The molecule has 0 unspecified atom stereocenters. The number of carbonyl (C=O) groups excluding carboxylic acids is 2. The highest BCUT2D eigenvalue weighted by atomic mass is 16.5. The van der Waals surface area contributed by atoms with Crippen molar-refractivity contribution in [2.75, 3.05) is 19.0 Å². The van der Waals surface area contributed by atoms with Crippen LogP contribution in [0.25, 0.3) is 11.3 Å². The normalized spacial score (nSPS) is 10.5. The van der Waals surface area contributed by atoms with E-state index in [2.05, 4.69) is 10.6 Å². The summed E-state index contributed by atoms with van der Waals surface area (Å²) in [4.78, 5) is 23.8. The van der Waals surface area contributed by atoms with Crippen molar-refractivity contribution in [1.82, 2.24) is 5.32 Å². The molecule has 6 heteroatoms. The molecule has 29 heavy (non-hydrogen) atoms. The predicted molar refractivity (Wildman–Crippen MR) is 111 cm³/mol. The lowest BCUT2D eigenvalue weighted by Crippen LogP contribution is -2.23. The lowest BCUT2D eigenvalue weighted by Gasteiger charge is -2.08. The highest BCUT2D eigenvalue weighted by Gasteiger charge is 2.08. The molecule has 2 amide bonds. The van der Waals surface area contributed by atoms with Crippen LogP contribution in [0.5, 0.6) is 0 Å². The molecular formula is C23H24N2O4. The number of rotatable bonds is 9. The zero-order valence-electron chi connectivity index (χ0n) is 16.3. The molecule has 6 nitrogen and oxygen atoms in total. The first-order chi connectivity index (χ1) is 14.1. The molecule has 2 N–H and O–H groups in total. The number of ether oxygens (including phenoxy) is 1. The second kappa shape index (κ2) is 10.2.